The number of benzene rings is 3. The molecule has 0 amide bonds. The molecule has 1 radical (unpaired) electrons. The Morgan fingerprint density at radius 3 is 2.17 bits per heavy atom. The van der Waals surface area contributed by atoms with E-state index < -0.39 is 5.76 Å². The van der Waals surface area contributed by atoms with E-state index in [-0.39, 0.29) is 56.9 Å². The predicted octanol–water partition coefficient (Wildman–Crippen LogP) is 5.11. The summed E-state index contributed by atoms with van der Waals surface area (Å²) in [6, 6.07) is 23.3. The summed E-state index contributed by atoms with van der Waals surface area (Å²) < 4.78 is 11.8. The second-order valence-corrected chi connectivity index (χ2v) is 9.26. The Labute approximate surface area is 274 Å². The first kappa shape index (κ1) is 29.9. The van der Waals surface area contributed by atoms with Crippen molar-refractivity contribution < 1.29 is 9.26 Å². The van der Waals surface area contributed by atoms with Crippen LogP contribution < -0.4 is 16.1 Å². The molecule has 0 aliphatic carbocycles. The number of aryl methyl sites for hydroxylation is 2. The summed E-state index contributed by atoms with van der Waals surface area (Å²) in [5.74, 6) is 1.31. The Morgan fingerprint density at radius 1 is 0.900 bits per heavy atom. The number of aromatic amines is 1. The molecular weight excluding hydrogens is 531 g/mol. The molecule has 0 unspecified atom stereocenters. The van der Waals surface area contributed by atoms with Gasteiger partial charge in [-0.25, -0.2) is 9.78 Å². The number of hydrogen-bond donors (Lipinski definition) is 1. The molecule has 40 heavy (non-hydrogen) atoms. The molecule has 9 heteroatoms. The van der Waals surface area contributed by atoms with Crippen molar-refractivity contribution in [3.8, 4) is 39.4 Å². The normalized spacial score (nSPS) is 10.8. The van der Waals surface area contributed by atoms with Crippen LogP contribution in [-0.2, 0) is 19.4 Å². The van der Waals surface area contributed by atoms with Crippen molar-refractivity contribution in [2.75, 3.05) is 7.11 Å². The molecule has 1 N–H and O–H groups in total. The zero-order valence-electron chi connectivity index (χ0n) is 23.2. The smallest absolute Gasteiger partial charge is 0.439 e. The van der Waals surface area contributed by atoms with Crippen LogP contribution in [0, 0.1) is 0 Å². The molecule has 5 rings (SSSR count). The van der Waals surface area contributed by atoms with Crippen LogP contribution in [0.5, 0.6) is 5.75 Å². The second-order valence-electron chi connectivity index (χ2n) is 9.26. The fourth-order valence-electron chi connectivity index (χ4n) is 4.79. The van der Waals surface area contributed by atoms with Crippen molar-refractivity contribution in [3.05, 3.63) is 111 Å². The van der Waals surface area contributed by atoms with Crippen molar-refractivity contribution in [1.82, 2.24) is 19.7 Å². The van der Waals surface area contributed by atoms with E-state index in [9.17, 15) is 9.59 Å². The maximum Gasteiger partial charge on any atom is 0.439 e. The molecule has 2 aromatic heterocycles. The van der Waals surface area contributed by atoms with E-state index in [2.05, 4.69) is 17.1 Å². The minimum absolute atomic E-state index is 0. The number of nitrogens with one attached hydrogen (secondary N) is 1. The van der Waals surface area contributed by atoms with Crippen molar-refractivity contribution >= 4 is 51.4 Å². The molecule has 2 heterocycles. The summed E-state index contributed by atoms with van der Waals surface area (Å²) in [7, 11) is 1.62. The third-order valence-electron chi connectivity index (χ3n) is 6.74. The van der Waals surface area contributed by atoms with Gasteiger partial charge in [-0.1, -0.05) is 79.7 Å². The molecule has 5 aromatic rings. The zero-order chi connectivity index (χ0) is 27.4. The Balaban J connectivity index is 0.00000370. The van der Waals surface area contributed by atoms with E-state index in [4.69, 9.17) is 14.2 Å². The largest absolute Gasteiger partial charge is 0.497 e. The Hall–Kier alpha value is -3.08. The third kappa shape index (κ3) is 6.29. The molecule has 0 spiro atoms. The van der Waals surface area contributed by atoms with E-state index in [0.717, 1.165) is 51.5 Å². The number of H-pyrrole nitrogens is 1. The van der Waals surface area contributed by atoms with E-state index in [0.29, 0.717) is 30.8 Å². The summed E-state index contributed by atoms with van der Waals surface area (Å²) in [5, 5.41) is 3.84. The van der Waals surface area contributed by atoms with Gasteiger partial charge in [0, 0.05) is 63.4 Å². The van der Waals surface area contributed by atoms with Gasteiger partial charge in [-0.3, -0.25) is 18.9 Å². The Bertz CT molecular complexity index is 1700. The van der Waals surface area contributed by atoms with Crippen LogP contribution in [0.3, 0.4) is 0 Å². The van der Waals surface area contributed by atoms with E-state index in [1.54, 1.807) is 11.7 Å². The average Bonchev–Trinajstić information content (AvgIpc) is 3.41. The molecule has 0 aliphatic heterocycles. The summed E-state index contributed by atoms with van der Waals surface area (Å²) in [4.78, 5) is 33.0. The molecule has 0 atom stereocenters. The minimum Gasteiger partial charge on any atom is -0.497 e. The van der Waals surface area contributed by atoms with Gasteiger partial charge in [0.25, 0.3) is 5.56 Å². The third-order valence-corrected chi connectivity index (χ3v) is 6.74. The Kier molecular flexibility index (Phi) is 10.1. The van der Waals surface area contributed by atoms with Gasteiger partial charge >= 0.3 is 5.76 Å². The standard InChI is InChI=1S/C31H30N4O4.K/c1-4-8-27-32-26(5-2)28(22-15-17-23(38-3)18-16-22)30(36)35(27)19-20-11-13-21(14-12-20)24-9-6-7-10-25(24)29-33-31(37)39-34-29;/h6-7,9-18H,4-5,8,19H2,1-3H3,(H,33,34,37);. The summed E-state index contributed by atoms with van der Waals surface area (Å²) in [5.41, 5.74) is 5.85. The van der Waals surface area contributed by atoms with Crippen LogP contribution in [0.4, 0.5) is 0 Å². The Morgan fingerprint density at radius 2 is 1.57 bits per heavy atom. The van der Waals surface area contributed by atoms with E-state index >= 15 is 0 Å². The first-order valence-corrected chi connectivity index (χ1v) is 13.0. The summed E-state index contributed by atoms with van der Waals surface area (Å²) in [6.07, 6.45) is 2.27. The van der Waals surface area contributed by atoms with Gasteiger partial charge in [-0.2, -0.15) is 0 Å². The number of rotatable bonds is 9. The molecule has 0 saturated heterocycles. The fourth-order valence-corrected chi connectivity index (χ4v) is 4.79. The fraction of sp³-hybridized carbons (Fsp3) is 0.226. The molecule has 199 valence electrons. The van der Waals surface area contributed by atoms with Crippen LogP contribution in [-0.4, -0.2) is 78.2 Å². The summed E-state index contributed by atoms with van der Waals surface area (Å²) in [6.45, 7) is 4.53. The SMILES string of the molecule is CCCc1nc(CC)c(-c2ccc(OC)cc2)c(=O)n1Cc1ccc(-c2ccccc2-c2noc(=O)[nH]2)cc1.[K]. The van der Waals surface area contributed by atoms with Gasteiger partial charge in [-0.05, 0) is 47.2 Å². The molecule has 0 bridgehead atoms. The molecular formula is C31H30KN4O4. The van der Waals surface area contributed by atoms with Crippen LogP contribution in [0.15, 0.2) is 86.9 Å². The van der Waals surface area contributed by atoms with Gasteiger partial charge in [0.1, 0.15) is 11.6 Å². The monoisotopic (exact) mass is 561 g/mol. The maximum atomic E-state index is 13.9. The summed E-state index contributed by atoms with van der Waals surface area (Å²) >= 11 is 0. The van der Waals surface area contributed by atoms with E-state index in [1.807, 2.05) is 79.7 Å². The van der Waals surface area contributed by atoms with Gasteiger partial charge in [-0.15, -0.1) is 0 Å². The quantitative estimate of drug-likeness (QED) is 0.251. The van der Waals surface area contributed by atoms with E-state index in [1.165, 1.54) is 0 Å². The van der Waals surface area contributed by atoms with Gasteiger partial charge < -0.3 is 4.74 Å². The van der Waals surface area contributed by atoms with Crippen LogP contribution in [0.25, 0.3) is 33.6 Å². The number of hydrogen-bond acceptors (Lipinski definition) is 6. The maximum absolute atomic E-state index is 13.9. The van der Waals surface area contributed by atoms with Crippen molar-refractivity contribution in [2.24, 2.45) is 0 Å². The number of methoxy groups -OCH3 is 1. The molecule has 8 nitrogen and oxygen atoms in total. The van der Waals surface area contributed by atoms with Crippen molar-refractivity contribution in [1.29, 1.82) is 0 Å². The number of nitrogens with zero attached hydrogens (tertiary/aromatic N) is 3. The molecule has 0 aliphatic rings. The first-order valence-electron chi connectivity index (χ1n) is 13.0. The molecule has 0 fully saturated rings. The minimum atomic E-state index is -0.597. The second kappa shape index (κ2) is 13.5. The van der Waals surface area contributed by atoms with Crippen LogP contribution >= 0.6 is 0 Å². The predicted molar refractivity (Wildman–Crippen MR) is 157 cm³/mol. The number of ether oxygens (including phenoxy) is 1. The van der Waals surface area contributed by atoms with Crippen molar-refractivity contribution in [2.45, 2.75) is 39.7 Å². The topological polar surface area (TPSA) is 103 Å². The van der Waals surface area contributed by atoms with Crippen molar-refractivity contribution in [3.63, 3.8) is 0 Å². The molecule has 3 aromatic carbocycles. The van der Waals surface area contributed by atoms with Gasteiger partial charge in [0.2, 0.25) is 0 Å². The van der Waals surface area contributed by atoms with Gasteiger partial charge in [0.05, 0.1) is 24.9 Å². The van der Waals surface area contributed by atoms with Crippen LogP contribution in [0.1, 0.15) is 37.4 Å². The number of aromatic nitrogens is 4. The average molecular weight is 562 g/mol. The molecule has 0 saturated carbocycles. The first-order chi connectivity index (χ1) is 19.0. The zero-order valence-corrected chi connectivity index (χ0v) is 26.4. The van der Waals surface area contributed by atoms with Crippen LogP contribution in [0.2, 0.25) is 0 Å². The van der Waals surface area contributed by atoms with Gasteiger partial charge in [0.15, 0.2) is 5.82 Å².